The third-order valence-corrected chi connectivity index (χ3v) is 4.33. The first-order chi connectivity index (χ1) is 14.1. The quantitative estimate of drug-likeness (QED) is 0.459. The zero-order chi connectivity index (χ0) is 20.8. The largest absolute Gasteiger partial charge is 0.497 e. The van der Waals surface area contributed by atoms with Crippen molar-refractivity contribution in [3.05, 3.63) is 59.8 Å². The molecule has 3 aromatic rings. The van der Waals surface area contributed by atoms with Crippen molar-refractivity contribution in [2.24, 2.45) is 0 Å². The summed E-state index contributed by atoms with van der Waals surface area (Å²) in [5.41, 5.74) is 2.73. The molecule has 0 radical (unpaired) electrons. The maximum Gasteiger partial charge on any atom is 0.186 e. The van der Waals surface area contributed by atoms with Crippen LogP contribution in [0, 0.1) is 0 Å². The smallest absolute Gasteiger partial charge is 0.186 e. The Bertz CT molecular complexity index is 1020. The van der Waals surface area contributed by atoms with Crippen molar-refractivity contribution < 1.29 is 23.7 Å². The van der Waals surface area contributed by atoms with Crippen LogP contribution in [-0.4, -0.2) is 44.4 Å². The first-order valence-corrected chi connectivity index (χ1v) is 8.81. The second-order valence-electron chi connectivity index (χ2n) is 6.08. The lowest BCUT2D eigenvalue weighted by atomic mass is 10.1. The highest BCUT2D eigenvalue weighted by atomic mass is 16.5. The number of benzene rings is 2. The first kappa shape index (κ1) is 20.0. The number of ketones is 1. The number of nitrogens with one attached hydrogen (secondary N) is 1. The molecule has 7 nitrogen and oxygen atoms in total. The summed E-state index contributed by atoms with van der Waals surface area (Å²) in [5, 5.41) is 7.21. The molecule has 0 aliphatic rings. The molecule has 0 saturated carbocycles. The van der Waals surface area contributed by atoms with E-state index in [9.17, 15) is 4.79 Å². The minimum absolute atomic E-state index is 0.162. The molecule has 0 atom stereocenters. The van der Waals surface area contributed by atoms with Gasteiger partial charge in [0.25, 0.3) is 0 Å². The summed E-state index contributed by atoms with van der Waals surface area (Å²) in [4.78, 5) is 12.5. The summed E-state index contributed by atoms with van der Waals surface area (Å²) in [7, 11) is 6.27. The molecule has 0 saturated heterocycles. The third kappa shape index (κ3) is 4.57. The monoisotopic (exact) mass is 394 g/mol. The molecule has 0 aliphatic carbocycles. The molecular weight excluding hydrogens is 372 g/mol. The van der Waals surface area contributed by atoms with Gasteiger partial charge in [0, 0.05) is 17.2 Å². The Labute approximate surface area is 168 Å². The van der Waals surface area contributed by atoms with Gasteiger partial charge in [-0.2, -0.15) is 5.10 Å². The van der Waals surface area contributed by atoms with Gasteiger partial charge in [-0.15, -0.1) is 0 Å². The van der Waals surface area contributed by atoms with Crippen LogP contribution in [0.3, 0.4) is 0 Å². The van der Waals surface area contributed by atoms with Crippen LogP contribution in [0.1, 0.15) is 16.1 Å². The van der Waals surface area contributed by atoms with Gasteiger partial charge in [0.05, 0.1) is 39.8 Å². The molecule has 0 unspecified atom stereocenters. The van der Waals surface area contributed by atoms with E-state index >= 15 is 0 Å². The fourth-order valence-corrected chi connectivity index (χ4v) is 2.78. The molecule has 0 aliphatic heterocycles. The number of hydrogen-bond donors (Lipinski definition) is 1. The fraction of sp³-hybridized carbons (Fsp3) is 0.182. The fourth-order valence-electron chi connectivity index (χ4n) is 2.78. The molecule has 1 N–H and O–H groups in total. The number of ether oxygens (including phenoxy) is 4. The Balaban J connectivity index is 1.79. The van der Waals surface area contributed by atoms with E-state index in [0.717, 1.165) is 5.56 Å². The average molecular weight is 394 g/mol. The number of allylic oxidation sites excluding steroid dienone is 1. The van der Waals surface area contributed by atoms with Crippen LogP contribution >= 0.6 is 0 Å². The Kier molecular flexibility index (Phi) is 6.19. The van der Waals surface area contributed by atoms with Crippen LogP contribution in [0.5, 0.6) is 23.0 Å². The molecule has 0 fully saturated rings. The topological polar surface area (TPSA) is 82.7 Å². The second kappa shape index (κ2) is 8.97. The molecule has 0 bridgehead atoms. The van der Waals surface area contributed by atoms with E-state index in [4.69, 9.17) is 18.9 Å². The van der Waals surface area contributed by atoms with Gasteiger partial charge in [-0.1, -0.05) is 0 Å². The van der Waals surface area contributed by atoms with E-state index in [1.54, 1.807) is 51.7 Å². The van der Waals surface area contributed by atoms with Crippen molar-refractivity contribution in [1.82, 2.24) is 10.2 Å². The minimum Gasteiger partial charge on any atom is -0.497 e. The van der Waals surface area contributed by atoms with Crippen LogP contribution in [-0.2, 0) is 0 Å². The molecule has 1 aromatic heterocycles. The molecule has 2 aromatic carbocycles. The van der Waals surface area contributed by atoms with E-state index in [2.05, 4.69) is 10.2 Å². The molecule has 29 heavy (non-hydrogen) atoms. The van der Waals surface area contributed by atoms with Gasteiger partial charge >= 0.3 is 0 Å². The van der Waals surface area contributed by atoms with Gasteiger partial charge in [0.2, 0.25) is 0 Å². The van der Waals surface area contributed by atoms with Crippen molar-refractivity contribution in [2.45, 2.75) is 0 Å². The van der Waals surface area contributed by atoms with E-state index in [0.29, 0.717) is 39.9 Å². The number of H-pyrrole nitrogens is 1. The molecule has 0 amide bonds. The number of carbonyl (C=O) groups is 1. The summed E-state index contributed by atoms with van der Waals surface area (Å²) in [6, 6.07) is 12.4. The van der Waals surface area contributed by atoms with Crippen molar-refractivity contribution in [3.63, 3.8) is 0 Å². The third-order valence-electron chi connectivity index (χ3n) is 4.33. The number of aromatic nitrogens is 2. The Morgan fingerprint density at radius 1 is 0.862 bits per heavy atom. The van der Waals surface area contributed by atoms with Gasteiger partial charge in [-0.25, -0.2) is 0 Å². The lowest BCUT2D eigenvalue weighted by Gasteiger charge is -2.07. The summed E-state index contributed by atoms with van der Waals surface area (Å²) >= 11 is 0. The van der Waals surface area contributed by atoms with Crippen LogP contribution in [0.2, 0.25) is 0 Å². The zero-order valence-electron chi connectivity index (χ0n) is 16.7. The molecule has 0 spiro atoms. The van der Waals surface area contributed by atoms with Gasteiger partial charge in [0.15, 0.2) is 17.3 Å². The summed E-state index contributed by atoms with van der Waals surface area (Å²) in [5.74, 6) is 2.25. The Morgan fingerprint density at radius 2 is 1.55 bits per heavy atom. The molecule has 1 heterocycles. The highest BCUT2D eigenvalue weighted by molar-refractivity contribution is 6.07. The number of nitrogens with zero attached hydrogens (tertiary/aromatic N) is 1. The number of hydrogen-bond acceptors (Lipinski definition) is 6. The lowest BCUT2D eigenvalue weighted by Crippen LogP contribution is -1.97. The normalized spacial score (nSPS) is 10.8. The molecular formula is C22H22N2O5. The van der Waals surface area contributed by atoms with Crippen molar-refractivity contribution in [1.29, 1.82) is 0 Å². The number of carbonyl (C=O) groups excluding carboxylic acids is 1. The van der Waals surface area contributed by atoms with E-state index in [1.807, 2.05) is 18.2 Å². The van der Waals surface area contributed by atoms with Crippen LogP contribution < -0.4 is 18.9 Å². The van der Waals surface area contributed by atoms with Crippen LogP contribution in [0.4, 0.5) is 0 Å². The minimum atomic E-state index is -0.162. The summed E-state index contributed by atoms with van der Waals surface area (Å²) in [6.45, 7) is 0. The SMILES string of the molecule is COc1cc(OC)cc(-c2cc(C=CC(=O)c3ccc(OC)c(OC)c3)[nH]n2)c1. The second-order valence-corrected chi connectivity index (χ2v) is 6.08. The average Bonchev–Trinajstić information content (AvgIpc) is 3.25. The van der Waals surface area contributed by atoms with E-state index in [-0.39, 0.29) is 5.78 Å². The predicted molar refractivity (Wildman–Crippen MR) is 110 cm³/mol. The summed E-state index contributed by atoms with van der Waals surface area (Å²) < 4.78 is 21.0. The van der Waals surface area contributed by atoms with Crippen molar-refractivity contribution in [3.8, 4) is 34.3 Å². The number of rotatable bonds is 8. The highest BCUT2D eigenvalue weighted by Crippen LogP contribution is 2.30. The van der Waals surface area contributed by atoms with Gasteiger partial charge in [-0.3, -0.25) is 9.89 Å². The van der Waals surface area contributed by atoms with Gasteiger partial charge in [-0.05, 0) is 48.6 Å². The van der Waals surface area contributed by atoms with Crippen LogP contribution in [0.15, 0.2) is 48.5 Å². The zero-order valence-corrected chi connectivity index (χ0v) is 16.7. The molecule has 150 valence electrons. The van der Waals surface area contributed by atoms with Crippen molar-refractivity contribution in [2.75, 3.05) is 28.4 Å². The van der Waals surface area contributed by atoms with Crippen molar-refractivity contribution >= 4 is 11.9 Å². The number of aromatic amines is 1. The first-order valence-electron chi connectivity index (χ1n) is 8.81. The Hall–Kier alpha value is -3.74. The molecule has 7 heteroatoms. The molecule has 3 rings (SSSR count). The highest BCUT2D eigenvalue weighted by Gasteiger charge is 2.10. The predicted octanol–water partition coefficient (Wildman–Crippen LogP) is 4.01. The van der Waals surface area contributed by atoms with Gasteiger partial charge < -0.3 is 18.9 Å². The van der Waals surface area contributed by atoms with Gasteiger partial charge in [0.1, 0.15) is 11.5 Å². The summed E-state index contributed by atoms with van der Waals surface area (Å²) in [6.07, 6.45) is 3.15. The van der Waals surface area contributed by atoms with Crippen LogP contribution in [0.25, 0.3) is 17.3 Å². The Morgan fingerprint density at radius 3 is 2.17 bits per heavy atom. The van der Waals surface area contributed by atoms with E-state index < -0.39 is 0 Å². The maximum absolute atomic E-state index is 12.5. The standard InChI is InChI=1S/C22H22N2O5/c1-26-17-9-15(10-18(13-17)27-2)19-12-16(23-24-19)6-7-20(25)14-5-8-21(28-3)22(11-14)29-4/h5-13H,1-4H3,(H,23,24). The lowest BCUT2D eigenvalue weighted by molar-refractivity contribution is 0.104. The number of methoxy groups -OCH3 is 4. The maximum atomic E-state index is 12.5. The van der Waals surface area contributed by atoms with E-state index in [1.165, 1.54) is 13.2 Å².